The van der Waals surface area contributed by atoms with E-state index < -0.39 is 5.91 Å². The molecular formula is C17H18N2O4. The first-order chi connectivity index (χ1) is 11.1. The van der Waals surface area contributed by atoms with E-state index in [9.17, 15) is 9.59 Å². The lowest BCUT2D eigenvalue weighted by Crippen LogP contribution is -2.21. The lowest BCUT2D eigenvalue weighted by Gasteiger charge is -2.11. The molecule has 0 aliphatic rings. The lowest BCUT2D eigenvalue weighted by atomic mass is 10.2. The van der Waals surface area contributed by atoms with Crippen LogP contribution in [0.1, 0.15) is 17.3 Å². The van der Waals surface area contributed by atoms with Gasteiger partial charge in [-0.2, -0.15) is 0 Å². The van der Waals surface area contributed by atoms with Gasteiger partial charge in [0.15, 0.2) is 6.61 Å². The van der Waals surface area contributed by atoms with E-state index in [1.54, 1.807) is 48.5 Å². The summed E-state index contributed by atoms with van der Waals surface area (Å²) in [5, 5.41) is 2.76. The van der Waals surface area contributed by atoms with Gasteiger partial charge in [-0.05, 0) is 43.3 Å². The number of anilines is 1. The van der Waals surface area contributed by atoms with Gasteiger partial charge in [-0.1, -0.05) is 12.1 Å². The zero-order valence-corrected chi connectivity index (χ0v) is 12.7. The van der Waals surface area contributed by atoms with Crippen molar-refractivity contribution >= 4 is 17.5 Å². The normalized spacial score (nSPS) is 9.96. The molecule has 0 aliphatic carbocycles. The van der Waals surface area contributed by atoms with Gasteiger partial charge in [-0.3, -0.25) is 9.59 Å². The summed E-state index contributed by atoms with van der Waals surface area (Å²) in [7, 11) is 0. The van der Waals surface area contributed by atoms with Crippen LogP contribution < -0.4 is 20.5 Å². The molecule has 0 radical (unpaired) electrons. The number of carbonyl (C=O) groups is 2. The summed E-state index contributed by atoms with van der Waals surface area (Å²) in [6, 6.07) is 13.7. The van der Waals surface area contributed by atoms with E-state index in [0.717, 1.165) is 5.75 Å². The van der Waals surface area contributed by atoms with E-state index in [1.165, 1.54) is 0 Å². The summed E-state index contributed by atoms with van der Waals surface area (Å²) >= 11 is 0. The predicted octanol–water partition coefficient (Wildman–Crippen LogP) is 2.20. The highest BCUT2D eigenvalue weighted by Gasteiger charge is 2.13. The Morgan fingerprint density at radius 3 is 2.39 bits per heavy atom. The SMILES string of the molecule is CCOc1ccc(NC(=O)c2ccccc2OCC(N)=O)cc1. The third-order valence-electron chi connectivity index (χ3n) is 2.92. The topological polar surface area (TPSA) is 90.7 Å². The molecule has 6 heteroatoms. The van der Waals surface area contributed by atoms with Crippen molar-refractivity contribution in [3.05, 3.63) is 54.1 Å². The first-order valence-corrected chi connectivity index (χ1v) is 7.14. The van der Waals surface area contributed by atoms with Gasteiger partial charge in [-0.25, -0.2) is 0 Å². The van der Waals surface area contributed by atoms with Gasteiger partial charge in [0.2, 0.25) is 0 Å². The fourth-order valence-corrected chi connectivity index (χ4v) is 1.93. The number of carbonyl (C=O) groups excluding carboxylic acids is 2. The minimum absolute atomic E-state index is 0.284. The van der Waals surface area contributed by atoms with Crippen molar-refractivity contribution < 1.29 is 19.1 Å². The Balaban J connectivity index is 2.09. The smallest absolute Gasteiger partial charge is 0.259 e. The van der Waals surface area contributed by atoms with Crippen molar-refractivity contribution in [3.8, 4) is 11.5 Å². The van der Waals surface area contributed by atoms with Crippen molar-refractivity contribution in [2.45, 2.75) is 6.92 Å². The van der Waals surface area contributed by atoms with Crippen LogP contribution in [0.5, 0.6) is 11.5 Å². The third-order valence-corrected chi connectivity index (χ3v) is 2.92. The second kappa shape index (κ2) is 7.84. The van der Waals surface area contributed by atoms with Crippen LogP contribution in [0.25, 0.3) is 0 Å². The van der Waals surface area contributed by atoms with E-state index in [0.29, 0.717) is 23.6 Å². The summed E-state index contributed by atoms with van der Waals surface area (Å²) in [6.07, 6.45) is 0. The van der Waals surface area contributed by atoms with Gasteiger partial charge in [0.1, 0.15) is 11.5 Å². The third kappa shape index (κ3) is 4.74. The minimum atomic E-state index is -0.605. The molecule has 2 amide bonds. The lowest BCUT2D eigenvalue weighted by molar-refractivity contribution is -0.119. The number of nitrogens with one attached hydrogen (secondary N) is 1. The highest BCUT2D eigenvalue weighted by Crippen LogP contribution is 2.21. The molecular weight excluding hydrogens is 296 g/mol. The van der Waals surface area contributed by atoms with Crippen molar-refractivity contribution in [2.75, 3.05) is 18.5 Å². The predicted molar refractivity (Wildman–Crippen MR) is 86.7 cm³/mol. The van der Waals surface area contributed by atoms with Crippen molar-refractivity contribution in [3.63, 3.8) is 0 Å². The molecule has 0 fully saturated rings. The Labute approximate surface area is 134 Å². The molecule has 0 bridgehead atoms. The Kier molecular flexibility index (Phi) is 5.57. The van der Waals surface area contributed by atoms with Crippen LogP contribution in [0, 0.1) is 0 Å². The number of ether oxygens (including phenoxy) is 2. The number of nitrogens with two attached hydrogens (primary N) is 1. The van der Waals surface area contributed by atoms with E-state index in [1.807, 2.05) is 6.92 Å². The maximum absolute atomic E-state index is 12.4. The monoisotopic (exact) mass is 314 g/mol. The van der Waals surface area contributed by atoms with Gasteiger partial charge >= 0.3 is 0 Å². The fourth-order valence-electron chi connectivity index (χ4n) is 1.93. The summed E-state index contributed by atoms with van der Waals surface area (Å²) in [5.41, 5.74) is 6.00. The maximum atomic E-state index is 12.4. The first-order valence-electron chi connectivity index (χ1n) is 7.14. The second-order valence-corrected chi connectivity index (χ2v) is 4.66. The molecule has 0 saturated heterocycles. The zero-order chi connectivity index (χ0) is 16.7. The largest absolute Gasteiger partial charge is 0.494 e. The molecule has 2 aromatic carbocycles. The fraction of sp³-hybridized carbons (Fsp3) is 0.176. The standard InChI is InChI=1S/C17H18N2O4/c1-2-22-13-9-7-12(8-10-13)19-17(21)14-5-3-4-6-15(14)23-11-16(18)20/h3-10H,2,11H2,1H3,(H2,18,20)(H,19,21). The van der Waals surface area contributed by atoms with Crippen LogP contribution in [-0.4, -0.2) is 25.0 Å². The van der Waals surface area contributed by atoms with Gasteiger partial charge in [0.05, 0.1) is 12.2 Å². The first kappa shape index (κ1) is 16.4. The van der Waals surface area contributed by atoms with Gasteiger partial charge in [0, 0.05) is 5.69 Å². The molecule has 0 spiro atoms. The summed E-state index contributed by atoms with van der Waals surface area (Å²) in [4.78, 5) is 23.2. The van der Waals surface area contributed by atoms with E-state index in [-0.39, 0.29) is 12.5 Å². The van der Waals surface area contributed by atoms with Crippen LogP contribution >= 0.6 is 0 Å². The van der Waals surface area contributed by atoms with Crippen LogP contribution in [0.2, 0.25) is 0 Å². The minimum Gasteiger partial charge on any atom is -0.494 e. The number of benzene rings is 2. The summed E-state index contributed by atoms with van der Waals surface area (Å²) < 4.78 is 10.6. The van der Waals surface area contributed by atoms with Crippen molar-refractivity contribution in [1.82, 2.24) is 0 Å². The summed E-state index contributed by atoms with van der Waals surface area (Å²) in [6.45, 7) is 2.20. The van der Waals surface area contributed by atoms with Gasteiger partial charge < -0.3 is 20.5 Å². The average molecular weight is 314 g/mol. The molecule has 6 nitrogen and oxygen atoms in total. The molecule has 0 heterocycles. The average Bonchev–Trinajstić information content (AvgIpc) is 2.55. The molecule has 23 heavy (non-hydrogen) atoms. The van der Waals surface area contributed by atoms with Crippen molar-refractivity contribution in [2.24, 2.45) is 5.73 Å². The molecule has 2 aromatic rings. The molecule has 2 rings (SSSR count). The second-order valence-electron chi connectivity index (χ2n) is 4.66. The highest BCUT2D eigenvalue weighted by atomic mass is 16.5. The highest BCUT2D eigenvalue weighted by molar-refractivity contribution is 6.06. The number of para-hydroxylation sites is 1. The Bertz CT molecular complexity index is 683. The zero-order valence-electron chi connectivity index (χ0n) is 12.7. The quantitative estimate of drug-likeness (QED) is 0.819. The van der Waals surface area contributed by atoms with Crippen LogP contribution in [0.15, 0.2) is 48.5 Å². The van der Waals surface area contributed by atoms with Crippen LogP contribution in [0.4, 0.5) is 5.69 Å². The Morgan fingerprint density at radius 2 is 1.74 bits per heavy atom. The number of primary amides is 1. The van der Waals surface area contributed by atoms with E-state index in [4.69, 9.17) is 15.2 Å². The maximum Gasteiger partial charge on any atom is 0.259 e. The van der Waals surface area contributed by atoms with Gasteiger partial charge in [0.25, 0.3) is 11.8 Å². The number of rotatable bonds is 7. The van der Waals surface area contributed by atoms with Crippen LogP contribution in [-0.2, 0) is 4.79 Å². The number of hydrogen-bond acceptors (Lipinski definition) is 4. The molecule has 3 N–H and O–H groups in total. The molecule has 0 saturated carbocycles. The molecule has 0 atom stereocenters. The Hall–Kier alpha value is -3.02. The number of amides is 2. The van der Waals surface area contributed by atoms with Crippen LogP contribution in [0.3, 0.4) is 0 Å². The van der Waals surface area contributed by atoms with E-state index in [2.05, 4.69) is 5.32 Å². The number of hydrogen-bond donors (Lipinski definition) is 2. The summed E-state index contributed by atoms with van der Waals surface area (Å²) in [5.74, 6) is 0.0892. The molecule has 0 unspecified atom stereocenters. The molecule has 0 aliphatic heterocycles. The van der Waals surface area contributed by atoms with Gasteiger partial charge in [-0.15, -0.1) is 0 Å². The van der Waals surface area contributed by atoms with E-state index >= 15 is 0 Å². The van der Waals surface area contributed by atoms with Crippen molar-refractivity contribution in [1.29, 1.82) is 0 Å². The molecule has 120 valence electrons. The Morgan fingerprint density at radius 1 is 1.04 bits per heavy atom. The molecule has 0 aromatic heterocycles.